The first kappa shape index (κ1) is 13.0. The summed E-state index contributed by atoms with van der Waals surface area (Å²) in [5, 5.41) is 0.690. The third-order valence-electron chi connectivity index (χ3n) is 3.52. The van der Waals surface area contributed by atoms with E-state index in [9.17, 15) is 4.79 Å². The molecule has 0 aliphatic carbocycles. The summed E-state index contributed by atoms with van der Waals surface area (Å²) in [7, 11) is 1.42. The van der Waals surface area contributed by atoms with Crippen molar-refractivity contribution in [1.29, 1.82) is 0 Å². The quantitative estimate of drug-likeness (QED) is 0.640. The Morgan fingerprint density at radius 3 is 2.35 bits per heavy atom. The Kier molecular flexibility index (Phi) is 3.36. The molecule has 1 aliphatic heterocycles. The van der Waals surface area contributed by atoms with Crippen molar-refractivity contribution in [2.24, 2.45) is 0 Å². The van der Waals surface area contributed by atoms with Crippen LogP contribution in [-0.2, 0) is 9.53 Å². The molecule has 1 heterocycles. The predicted octanol–water partition coefficient (Wildman–Crippen LogP) is 3.44. The van der Waals surface area contributed by atoms with Crippen molar-refractivity contribution in [1.82, 2.24) is 0 Å². The molecule has 1 saturated heterocycles. The first-order chi connectivity index (χ1) is 9.72. The van der Waals surface area contributed by atoms with Crippen molar-refractivity contribution in [2.45, 2.75) is 12.1 Å². The highest BCUT2D eigenvalue weighted by Crippen LogP contribution is 2.47. The van der Waals surface area contributed by atoms with Gasteiger partial charge in [-0.15, -0.1) is 0 Å². The van der Waals surface area contributed by atoms with Crippen molar-refractivity contribution in [3.8, 4) is 0 Å². The Morgan fingerprint density at radius 1 is 1.10 bits per heavy atom. The summed E-state index contributed by atoms with van der Waals surface area (Å²) in [6.45, 7) is 0. The van der Waals surface area contributed by atoms with Gasteiger partial charge in [-0.25, -0.2) is 4.79 Å². The van der Waals surface area contributed by atoms with Gasteiger partial charge >= 0.3 is 5.97 Å². The average molecular weight is 288 g/mol. The van der Waals surface area contributed by atoms with E-state index < -0.39 is 0 Å². The topological polar surface area (TPSA) is 29.3 Å². The number of ether oxygens (including phenoxy) is 1. The second kappa shape index (κ2) is 5.17. The summed E-state index contributed by atoms with van der Waals surface area (Å²) in [6, 6.07) is 17.2. The second-order valence-corrected chi connectivity index (χ2v) is 5.14. The normalized spacial score (nSPS) is 20.6. The second-order valence-electron chi connectivity index (χ2n) is 4.71. The Bertz CT molecular complexity index is 612. The summed E-state index contributed by atoms with van der Waals surface area (Å²) in [4.78, 5) is 14.0. The van der Waals surface area contributed by atoms with E-state index in [-0.39, 0.29) is 18.1 Å². The zero-order chi connectivity index (χ0) is 14.1. The van der Waals surface area contributed by atoms with Crippen molar-refractivity contribution >= 4 is 23.3 Å². The smallest absolute Gasteiger partial charge is 0.331 e. The van der Waals surface area contributed by atoms with E-state index in [2.05, 4.69) is 4.90 Å². The number of hydrogen-bond donors (Lipinski definition) is 0. The lowest BCUT2D eigenvalue weighted by Crippen LogP contribution is -2.13. The fourth-order valence-electron chi connectivity index (χ4n) is 2.52. The van der Waals surface area contributed by atoms with Crippen LogP contribution in [0.5, 0.6) is 0 Å². The number of anilines is 1. The first-order valence-electron chi connectivity index (χ1n) is 6.39. The van der Waals surface area contributed by atoms with Gasteiger partial charge in [0.1, 0.15) is 0 Å². The third kappa shape index (κ3) is 2.25. The predicted molar refractivity (Wildman–Crippen MR) is 78.9 cm³/mol. The van der Waals surface area contributed by atoms with Crippen LogP contribution in [0.3, 0.4) is 0 Å². The highest BCUT2D eigenvalue weighted by atomic mass is 35.5. The molecular weight excluding hydrogens is 274 g/mol. The maximum atomic E-state index is 11.9. The van der Waals surface area contributed by atoms with E-state index in [4.69, 9.17) is 16.3 Å². The summed E-state index contributed by atoms with van der Waals surface area (Å²) >= 11 is 5.91. The summed E-state index contributed by atoms with van der Waals surface area (Å²) in [6.07, 6.45) is 0. The van der Waals surface area contributed by atoms with Crippen molar-refractivity contribution in [3.63, 3.8) is 0 Å². The van der Waals surface area contributed by atoms with Crippen LogP contribution in [0, 0.1) is 0 Å². The molecule has 0 unspecified atom stereocenters. The van der Waals surface area contributed by atoms with Gasteiger partial charge in [-0.1, -0.05) is 41.9 Å². The minimum atomic E-state index is -0.261. The number of para-hydroxylation sites is 1. The Labute approximate surface area is 122 Å². The number of hydrogen-bond acceptors (Lipinski definition) is 3. The van der Waals surface area contributed by atoms with E-state index in [1.807, 2.05) is 54.6 Å². The molecule has 0 spiro atoms. The molecule has 2 aromatic rings. The number of nitrogens with zero attached hydrogens (tertiary/aromatic N) is 1. The number of methoxy groups -OCH3 is 1. The molecule has 1 aliphatic rings. The van der Waals surface area contributed by atoms with Crippen LogP contribution in [0.15, 0.2) is 54.6 Å². The fourth-order valence-corrected chi connectivity index (χ4v) is 2.64. The Morgan fingerprint density at radius 2 is 1.75 bits per heavy atom. The first-order valence-corrected chi connectivity index (χ1v) is 6.77. The van der Waals surface area contributed by atoms with Crippen molar-refractivity contribution in [2.75, 3.05) is 12.0 Å². The average Bonchev–Trinajstić information content (AvgIpc) is 3.23. The molecule has 2 atom stereocenters. The van der Waals surface area contributed by atoms with E-state index in [1.54, 1.807) is 0 Å². The molecule has 1 fully saturated rings. The van der Waals surface area contributed by atoms with E-state index in [1.165, 1.54) is 7.11 Å². The van der Waals surface area contributed by atoms with Gasteiger partial charge in [0.2, 0.25) is 0 Å². The highest BCUT2D eigenvalue weighted by molar-refractivity contribution is 6.30. The summed E-state index contributed by atoms with van der Waals surface area (Å²) in [5.74, 6) is -0.214. The van der Waals surface area contributed by atoms with E-state index in [0.717, 1.165) is 11.3 Å². The Balaban J connectivity index is 1.92. The molecule has 3 nitrogen and oxygen atoms in total. The molecule has 0 amide bonds. The molecule has 0 N–H and O–H groups in total. The highest BCUT2D eigenvalue weighted by Gasteiger charge is 2.54. The fraction of sp³-hybridized carbons (Fsp3) is 0.188. The molecule has 0 aromatic heterocycles. The number of rotatable bonds is 3. The number of carbonyl (C=O) groups is 1. The molecule has 20 heavy (non-hydrogen) atoms. The zero-order valence-corrected chi connectivity index (χ0v) is 11.7. The standard InChI is InChI=1S/C16H14ClNO2/c1-20-16(19)15-14(11-7-9-12(17)10-8-11)18(15)13-5-3-2-4-6-13/h2-10,14-15H,1H3/t14-,15+,18?/m0/s1. The minimum absolute atomic E-state index is 0.0158. The molecule has 3 rings (SSSR count). The van der Waals surface area contributed by atoms with Crippen LogP contribution in [0.2, 0.25) is 5.02 Å². The van der Waals surface area contributed by atoms with Gasteiger partial charge in [-0.3, -0.25) is 0 Å². The number of benzene rings is 2. The molecule has 0 bridgehead atoms. The summed E-state index contributed by atoms with van der Waals surface area (Å²) < 4.78 is 4.89. The Hall–Kier alpha value is -2.00. The molecule has 0 radical (unpaired) electrons. The molecule has 2 aromatic carbocycles. The lowest BCUT2D eigenvalue weighted by atomic mass is 10.1. The third-order valence-corrected chi connectivity index (χ3v) is 3.77. The monoisotopic (exact) mass is 287 g/mol. The van der Waals surface area contributed by atoms with Gasteiger partial charge in [0.05, 0.1) is 13.2 Å². The number of carbonyl (C=O) groups excluding carboxylic acids is 1. The van der Waals surface area contributed by atoms with Crippen LogP contribution in [0.4, 0.5) is 5.69 Å². The van der Waals surface area contributed by atoms with Crippen LogP contribution in [0.25, 0.3) is 0 Å². The van der Waals surface area contributed by atoms with Crippen LogP contribution < -0.4 is 4.90 Å². The van der Waals surface area contributed by atoms with Gasteiger partial charge in [0.15, 0.2) is 6.04 Å². The SMILES string of the molecule is COC(=O)[C@H]1[C@H](c2ccc(Cl)cc2)N1c1ccccc1. The van der Waals surface area contributed by atoms with Crippen molar-refractivity contribution in [3.05, 3.63) is 65.2 Å². The van der Waals surface area contributed by atoms with E-state index >= 15 is 0 Å². The molecular formula is C16H14ClNO2. The maximum absolute atomic E-state index is 11.9. The summed E-state index contributed by atoms with van der Waals surface area (Å²) in [5.41, 5.74) is 2.08. The zero-order valence-electron chi connectivity index (χ0n) is 11.0. The van der Waals surface area contributed by atoms with Gasteiger partial charge in [-0.2, -0.15) is 0 Å². The lowest BCUT2D eigenvalue weighted by Gasteiger charge is -2.05. The lowest BCUT2D eigenvalue weighted by molar-refractivity contribution is -0.139. The maximum Gasteiger partial charge on any atom is 0.331 e. The number of esters is 1. The molecule has 4 heteroatoms. The minimum Gasteiger partial charge on any atom is -0.467 e. The van der Waals surface area contributed by atoms with Crippen molar-refractivity contribution < 1.29 is 9.53 Å². The number of halogens is 1. The van der Waals surface area contributed by atoms with Gasteiger partial charge in [0, 0.05) is 10.7 Å². The van der Waals surface area contributed by atoms with E-state index in [0.29, 0.717) is 5.02 Å². The van der Waals surface area contributed by atoms with Gasteiger partial charge in [-0.05, 0) is 29.8 Å². The molecule has 0 saturated carbocycles. The molecule has 102 valence electrons. The van der Waals surface area contributed by atoms with Crippen LogP contribution in [0.1, 0.15) is 11.6 Å². The van der Waals surface area contributed by atoms with Crippen LogP contribution in [-0.4, -0.2) is 19.1 Å². The largest absolute Gasteiger partial charge is 0.467 e. The van der Waals surface area contributed by atoms with Gasteiger partial charge in [0.25, 0.3) is 0 Å². The van der Waals surface area contributed by atoms with Gasteiger partial charge < -0.3 is 9.64 Å². The van der Waals surface area contributed by atoms with Crippen LogP contribution >= 0.6 is 11.6 Å².